The van der Waals surface area contributed by atoms with E-state index in [1.54, 1.807) is 4.57 Å². The number of aliphatic imine (C=N–C) groups is 1. The minimum absolute atomic E-state index is 0.294. The molecule has 2 heterocycles. The molecule has 1 unspecified atom stereocenters. The summed E-state index contributed by atoms with van der Waals surface area (Å²) in [7, 11) is 0. The van der Waals surface area contributed by atoms with Crippen LogP contribution in [0.3, 0.4) is 0 Å². The van der Waals surface area contributed by atoms with Gasteiger partial charge in [-0.25, -0.2) is 4.99 Å². The van der Waals surface area contributed by atoms with E-state index in [1.165, 1.54) is 6.34 Å². The van der Waals surface area contributed by atoms with E-state index in [1.807, 2.05) is 18.3 Å². The average Bonchev–Trinajstić information content (AvgIpc) is 2.50. The number of hydrogen-bond acceptors (Lipinski definition) is 3. The van der Waals surface area contributed by atoms with E-state index in [0.29, 0.717) is 0 Å². The molecule has 0 radical (unpaired) electrons. The third kappa shape index (κ3) is 0.832. The molecule has 0 amide bonds. The fraction of sp³-hybridized carbons (Fsp3) is 0.143. The first-order chi connectivity index (χ1) is 5.42. The first-order valence-electron chi connectivity index (χ1n) is 3.32. The van der Waals surface area contributed by atoms with E-state index in [4.69, 9.17) is 0 Å². The fourth-order valence-electron chi connectivity index (χ4n) is 1.09. The van der Waals surface area contributed by atoms with Crippen LogP contribution in [0.15, 0.2) is 23.3 Å². The summed E-state index contributed by atoms with van der Waals surface area (Å²) in [6.45, 7) is 0. The summed E-state index contributed by atoms with van der Waals surface area (Å²) in [6.07, 6.45) is 3.90. The van der Waals surface area contributed by atoms with Crippen molar-refractivity contribution >= 4 is 18.4 Å². The lowest BCUT2D eigenvalue weighted by atomic mass is 10.5. The molecule has 0 aliphatic carbocycles. The van der Waals surface area contributed by atoms with Crippen molar-refractivity contribution in [3.05, 3.63) is 18.3 Å². The van der Waals surface area contributed by atoms with Gasteiger partial charge < -0.3 is 9.88 Å². The third-order valence-electron chi connectivity index (χ3n) is 1.63. The normalized spacial score (nSPS) is 20.5. The van der Waals surface area contributed by atoms with Crippen molar-refractivity contribution in [2.45, 2.75) is 6.17 Å². The lowest BCUT2D eigenvalue weighted by Gasteiger charge is -2.17. The highest BCUT2D eigenvalue weighted by molar-refractivity contribution is 5.69. The molecule has 0 bridgehead atoms. The summed E-state index contributed by atoms with van der Waals surface area (Å²) in [5, 5.41) is 2.81. The van der Waals surface area contributed by atoms with Gasteiger partial charge in [0, 0.05) is 6.20 Å². The van der Waals surface area contributed by atoms with Crippen molar-refractivity contribution in [1.82, 2.24) is 9.88 Å². The van der Waals surface area contributed by atoms with Crippen LogP contribution in [-0.4, -0.2) is 17.2 Å². The van der Waals surface area contributed by atoms with Gasteiger partial charge in [-0.05, 0) is 12.1 Å². The molecule has 1 atom stereocenters. The van der Waals surface area contributed by atoms with E-state index in [0.717, 1.165) is 12.1 Å². The number of aldehydes is 1. The summed E-state index contributed by atoms with van der Waals surface area (Å²) in [6, 6.07) is 3.71. The molecule has 1 aliphatic heterocycles. The second-order valence-corrected chi connectivity index (χ2v) is 2.28. The van der Waals surface area contributed by atoms with Crippen LogP contribution in [0.5, 0.6) is 0 Å². The Morgan fingerprint density at radius 3 is 3.45 bits per heavy atom. The maximum Gasteiger partial charge on any atom is 0.163 e. The van der Waals surface area contributed by atoms with Gasteiger partial charge in [-0.2, -0.15) is 0 Å². The number of nitrogens with one attached hydrogen (secondary N) is 1. The molecule has 1 aliphatic rings. The Morgan fingerprint density at radius 1 is 1.73 bits per heavy atom. The van der Waals surface area contributed by atoms with Crippen LogP contribution in [-0.2, 0) is 4.79 Å². The fourth-order valence-corrected chi connectivity index (χ4v) is 1.09. The van der Waals surface area contributed by atoms with Crippen LogP contribution in [0.25, 0.3) is 0 Å². The second kappa shape index (κ2) is 2.23. The van der Waals surface area contributed by atoms with E-state index in [9.17, 15) is 4.79 Å². The minimum atomic E-state index is -0.294. The van der Waals surface area contributed by atoms with Gasteiger partial charge in [0.2, 0.25) is 0 Å². The molecule has 0 spiro atoms. The molecule has 0 aromatic carbocycles. The highest BCUT2D eigenvalue weighted by Gasteiger charge is 2.12. The summed E-state index contributed by atoms with van der Waals surface area (Å²) < 4.78 is 1.77. The Labute approximate surface area is 63.5 Å². The molecule has 0 fully saturated rings. The zero-order valence-electron chi connectivity index (χ0n) is 5.77. The molecule has 0 saturated heterocycles. The van der Waals surface area contributed by atoms with E-state index in [-0.39, 0.29) is 6.17 Å². The minimum Gasteiger partial charge on any atom is -0.350 e. The lowest BCUT2D eigenvalue weighted by Crippen LogP contribution is -2.28. The molecule has 11 heavy (non-hydrogen) atoms. The van der Waals surface area contributed by atoms with Crippen LogP contribution >= 0.6 is 0 Å². The molecule has 4 heteroatoms. The highest BCUT2D eigenvalue weighted by atomic mass is 16.1. The van der Waals surface area contributed by atoms with Crippen molar-refractivity contribution < 1.29 is 4.79 Å². The van der Waals surface area contributed by atoms with Gasteiger partial charge in [0.05, 0.1) is 6.34 Å². The van der Waals surface area contributed by atoms with Gasteiger partial charge in [0.15, 0.2) is 12.5 Å². The number of rotatable bonds is 1. The zero-order chi connectivity index (χ0) is 7.68. The number of fused-ring (bicyclic) bond motifs is 1. The summed E-state index contributed by atoms with van der Waals surface area (Å²) >= 11 is 0. The largest absolute Gasteiger partial charge is 0.350 e. The Hall–Kier alpha value is -1.58. The number of nitrogens with zero attached hydrogens (tertiary/aromatic N) is 2. The van der Waals surface area contributed by atoms with Crippen molar-refractivity contribution in [2.24, 2.45) is 4.99 Å². The number of carbonyl (C=O) groups is 1. The molecular weight excluding hydrogens is 142 g/mol. The lowest BCUT2D eigenvalue weighted by molar-refractivity contribution is -0.110. The van der Waals surface area contributed by atoms with Gasteiger partial charge in [-0.15, -0.1) is 0 Å². The van der Waals surface area contributed by atoms with E-state index < -0.39 is 0 Å². The SMILES string of the molecule is O=CC1NC=Nc2cccn21. The maximum absolute atomic E-state index is 10.5. The Kier molecular flexibility index (Phi) is 1.25. The quantitative estimate of drug-likeness (QED) is 0.589. The zero-order valence-corrected chi connectivity index (χ0v) is 5.77. The smallest absolute Gasteiger partial charge is 0.163 e. The molecule has 1 aromatic heterocycles. The number of hydrogen-bond donors (Lipinski definition) is 1. The Morgan fingerprint density at radius 2 is 2.64 bits per heavy atom. The Bertz CT molecular complexity index is 302. The molecule has 56 valence electrons. The predicted molar refractivity (Wildman–Crippen MR) is 40.8 cm³/mol. The van der Waals surface area contributed by atoms with Gasteiger partial charge >= 0.3 is 0 Å². The monoisotopic (exact) mass is 149 g/mol. The number of carbonyl (C=O) groups excluding carboxylic acids is 1. The van der Waals surface area contributed by atoms with E-state index >= 15 is 0 Å². The van der Waals surface area contributed by atoms with Gasteiger partial charge in [-0.3, -0.25) is 4.79 Å². The molecule has 2 rings (SSSR count). The molecule has 1 aromatic rings. The Balaban J connectivity index is 2.48. The van der Waals surface area contributed by atoms with Gasteiger partial charge in [0.1, 0.15) is 5.82 Å². The van der Waals surface area contributed by atoms with Gasteiger partial charge in [-0.1, -0.05) is 0 Å². The summed E-state index contributed by atoms with van der Waals surface area (Å²) in [5.74, 6) is 0.806. The standard InChI is InChI=1S/C7H7N3O/c11-4-7-9-5-8-6-2-1-3-10(6)7/h1-5,7H,(H,8,9). The van der Waals surface area contributed by atoms with Crippen LogP contribution in [0, 0.1) is 0 Å². The third-order valence-corrected chi connectivity index (χ3v) is 1.63. The van der Waals surface area contributed by atoms with Crippen molar-refractivity contribution in [1.29, 1.82) is 0 Å². The van der Waals surface area contributed by atoms with Crippen molar-refractivity contribution in [3.63, 3.8) is 0 Å². The first kappa shape index (κ1) is 6.15. The summed E-state index contributed by atoms with van der Waals surface area (Å²) in [4.78, 5) is 14.5. The van der Waals surface area contributed by atoms with Crippen LogP contribution in [0.2, 0.25) is 0 Å². The average molecular weight is 149 g/mol. The molecule has 0 saturated carbocycles. The van der Waals surface area contributed by atoms with Crippen LogP contribution < -0.4 is 5.32 Å². The van der Waals surface area contributed by atoms with Crippen molar-refractivity contribution in [2.75, 3.05) is 0 Å². The van der Waals surface area contributed by atoms with Crippen molar-refractivity contribution in [3.8, 4) is 0 Å². The maximum atomic E-state index is 10.5. The topological polar surface area (TPSA) is 46.4 Å². The summed E-state index contributed by atoms with van der Waals surface area (Å²) in [5.41, 5.74) is 0. The first-order valence-corrected chi connectivity index (χ1v) is 3.32. The molecule has 1 N–H and O–H groups in total. The van der Waals surface area contributed by atoms with E-state index in [2.05, 4.69) is 10.3 Å². The second-order valence-electron chi connectivity index (χ2n) is 2.28. The molecule has 4 nitrogen and oxygen atoms in total. The van der Waals surface area contributed by atoms with Crippen LogP contribution in [0.1, 0.15) is 6.17 Å². The van der Waals surface area contributed by atoms with Crippen LogP contribution in [0.4, 0.5) is 5.82 Å². The van der Waals surface area contributed by atoms with Gasteiger partial charge in [0.25, 0.3) is 0 Å². The predicted octanol–water partition coefficient (Wildman–Crippen LogP) is 0.449. The highest BCUT2D eigenvalue weighted by Crippen LogP contribution is 2.18. The number of aromatic nitrogens is 1. The molecular formula is C7H7N3O.